The number of carbonyl (C=O) groups excluding carboxylic acids is 1. The number of fused-ring (bicyclic) bond motifs is 1. The molecule has 0 saturated heterocycles. The number of nitrogens with one attached hydrogen (secondary N) is 2. The molecular weight excluding hydrogens is 496 g/mol. The lowest BCUT2D eigenvalue weighted by Gasteiger charge is -2.09. The molecule has 184 valence electrons. The number of rotatable bonds is 6. The van der Waals surface area contributed by atoms with E-state index in [1.165, 1.54) is 0 Å². The van der Waals surface area contributed by atoms with Crippen molar-refractivity contribution in [2.45, 2.75) is 6.54 Å². The summed E-state index contributed by atoms with van der Waals surface area (Å²) in [6.07, 6.45) is 3.54. The zero-order valence-electron chi connectivity index (χ0n) is 19.2. The van der Waals surface area contributed by atoms with Gasteiger partial charge in [0.2, 0.25) is 12.6 Å². The molecule has 10 nitrogen and oxygen atoms in total. The van der Waals surface area contributed by atoms with E-state index < -0.39 is 0 Å². The summed E-state index contributed by atoms with van der Waals surface area (Å²) in [5.41, 5.74) is 3.67. The van der Waals surface area contributed by atoms with Crippen LogP contribution in [0, 0.1) is 0 Å². The van der Waals surface area contributed by atoms with Gasteiger partial charge in [0.05, 0.1) is 6.33 Å². The second-order valence-electron chi connectivity index (χ2n) is 8.21. The van der Waals surface area contributed by atoms with Gasteiger partial charge < -0.3 is 29.2 Å². The van der Waals surface area contributed by atoms with Crippen LogP contribution in [0.4, 0.5) is 16.2 Å². The van der Waals surface area contributed by atoms with Gasteiger partial charge in [-0.3, -0.25) is 0 Å². The molecule has 0 bridgehead atoms. The summed E-state index contributed by atoms with van der Waals surface area (Å²) in [5.74, 6) is 2.09. The van der Waals surface area contributed by atoms with E-state index in [2.05, 4.69) is 25.8 Å². The van der Waals surface area contributed by atoms with Gasteiger partial charge in [-0.2, -0.15) is 4.98 Å². The minimum Gasteiger partial charge on any atom is -0.454 e. The van der Waals surface area contributed by atoms with Crippen LogP contribution in [0.5, 0.6) is 11.5 Å². The molecule has 0 atom stereocenters. The summed E-state index contributed by atoms with van der Waals surface area (Å²) in [6.45, 7) is 0.778. The van der Waals surface area contributed by atoms with Crippen LogP contribution in [-0.4, -0.2) is 32.5 Å². The summed E-state index contributed by atoms with van der Waals surface area (Å²) in [5, 5.41) is 10.2. The monoisotopic (exact) mass is 514 g/mol. The molecule has 0 aliphatic carbocycles. The van der Waals surface area contributed by atoms with E-state index in [9.17, 15) is 4.79 Å². The first-order chi connectivity index (χ1) is 18.1. The molecule has 1 aliphatic heterocycles. The van der Waals surface area contributed by atoms with Crippen molar-refractivity contribution >= 4 is 29.0 Å². The van der Waals surface area contributed by atoms with Crippen LogP contribution in [0.2, 0.25) is 5.02 Å². The van der Waals surface area contributed by atoms with Crippen molar-refractivity contribution in [2.75, 3.05) is 17.4 Å². The maximum Gasteiger partial charge on any atom is 0.323 e. The molecule has 11 heteroatoms. The average molecular weight is 515 g/mol. The second kappa shape index (κ2) is 9.67. The van der Waals surface area contributed by atoms with Crippen molar-refractivity contribution in [3.63, 3.8) is 0 Å². The fourth-order valence-corrected chi connectivity index (χ4v) is 3.89. The number of amides is 2. The molecule has 2 aromatic heterocycles. The molecule has 0 spiro atoms. The molecule has 0 saturated carbocycles. The first-order valence-corrected chi connectivity index (χ1v) is 11.7. The molecular formula is C26H19ClN6O4. The zero-order valence-corrected chi connectivity index (χ0v) is 20.0. The molecule has 0 radical (unpaired) electrons. The average Bonchev–Trinajstić information content (AvgIpc) is 3.67. The van der Waals surface area contributed by atoms with Crippen LogP contribution >= 0.6 is 11.6 Å². The van der Waals surface area contributed by atoms with Crippen molar-refractivity contribution in [3.8, 4) is 34.5 Å². The first-order valence-electron chi connectivity index (χ1n) is 11.3. The number of hydrogen-bond acceptors (Lipinski definition) is 7. The Kier molecular flexibility index (Phi) is 5.91. The second-order valence-corrected chi connectivity index (χ2v) is 8.64. The smallest absolute Gasteiger partial charge is 0.323 e. The lowest BCUT2D eigenvalue weighted by molar-refractivity contribution is 0.174. The summed E-state index contributed by atoms with van der Waals surface area (Å²) in [6, 6.07) is 19.6. The van der Waals surface area contributed by atoms with E-state index in [1.807, 2.05) is 53.2 Å². The molecule has 2 N–H and O–H groups in total. The number of imidazole rings is 1. The van der Waals surface area contributed by atoms with Crippen LogP contribution in [0.3, 0.4) is 0 Å². The lowest BCUT2D eigenvalue weighted by Crippen LogP contribution is -2.19. The highest BCUT2D eigenvalue weighted by Gasteiger charge is 2.18. The maximum atomic E-state index is 12.2. The molecule has 3 aromatic carbocycles. The molecule has 37 heavy (non-hydrogen) atoms. The third-order valence-electron chi connectivity index (χ3n) is 5.59. The molecule has 0 unspecified atom stereocenters. The number of urea groups is 1. The van der Waals surface area contributed by atoms with Crippen molar-refractivity contribution in [3.05, 3.63) is 89.8 Å². The van der Waals surface area contributed by atoms with Crippen LogP contribution in [0.25, 0.3) is 23.0 Å². The Morgan fingerprint density at radius 1 is 0.946 bits per heavy atom. The SMILES string of the molecule is O=C(Nc1ccc(Cl)cc1)Nc1ccc(Cn2cnc(-c3nc(-c4ccc5c(c4)OCO5)no3)c2)cc1. The van der Waals surface area contributed by atoms with Gasteiger partial charge in [-0.25, -0.2) is 9.78 Å². The van der Waals surface area contributed by atoms with Gasteiger partial charge in [-0.15, -0.1) is 0 Å². The lowest BCUT2D eigenvalue weighted by atomic mass is 10.2. The van der Waals surface area contributed by atoms with Gasteiger partial charge in [-0.05, 0) is 60.2 Å². The van der Waals surface area contributed by atoms with Crippen LogP contribution in [0.15, 0.2) is 83.8 Å². The van der Waals surface area contributed by atoms with Gasteiger partial charge in [-0.1, -0.05) is 28.9 Å². The highest BCUT2D eigenvalue weighted by atomic mass is 35.5. The Morgan fingerprint density at radius 3 is 2.46 bits per heavy atom. The van der Waals surface area contributed by atoms with Crippen LogP contribution < -0.4 is 20.1 Å². The van der Waals surface area contributed by atoms with E-state index >= 15 is 0 Å². The minimum absolute atomic E-state index is 0.201. The van der Waals surface area contributed by atoms with Crippen LogP contribution in [0.1, 0.15) is 5.56 Å². The number of carbonyl (C=O) groups is 1. The maximum absolute atomic E-state index is 12.2. The largest absolute Gasteiger partial charge is 0.454 e. The Bertz CT molecular complexity index is 1560. The number of benzene rings is 3. The van der Waals surface area contributed by atoms with Gasteiger partial charge in [0.1, 0.15) is 5.69 Å². The Labute approximate surface area is 215 Å². The molecule has 2 amide bonds. The Balaban J connectivity index is 1.07. The number of nitrogens with zero attached hydrogens (tertiary/aromatic N) is 4. The first kappa shape index (κ1) is 22.6. The third-order valence-corrected chi connectivity index (χ3v) is 5.84. The molecule has 0 fully saturated rings. The normalized spacial score (nSPS) is 11.9. The van der Waals surface area contributed by atoms with Gasteiger partial charge >= 0.3 is 6.03 Å². The van der Waals surface area contributed by atoms with E-state index in [0.717, 1.165) is 11.1 Å². The van der Waals surface area contributed by atoms with Crippen LogP contribution in [-0.2, 0) is 6.54 Å². The number of aromatic nitrogens is 4. The summed E-state index contributed by atoms with van der Waals surface area (Å²) >= 11 is 5.87. The minimum atomic E-state index is -0.339. The van der Waals surface area contributed by atoms with Crippen molar-refractivity contribution in [2.24, 2.45) is 0 Å². The van der Waals surface area contributed by atoms with Crippen molar-refractivity contribution in [1.29, 1.82) is 0 Å². The van der Waals surface area contributed by atoms with Crippen molar-refractivity contribution < 1.29 is 18.8 Å². The topological polar surface area (TPSA) is 116 Å². The Morgan fingerprint density at radius 2 is 1.68 bits per heavy atom. The fourth-order valence-electron chi connectivity index (χ4n) is 3.77. The highest BCUT2D eigenvalue weighted by Crippen LogP contribution is 2.35. The fraction of sp³-hybridized carbons (Fsp3) is 0.0769. The summed E-state index contributed by atoms with van der Waals surface area (Å²) < 4.78 is 18.1. The third kappa shape index (κ3) is 5.09. The molecule has 3 heterocycles. The van der Waals surface area contributed by atoms with E-state index in [1.54, 1.807) is 30.6 Å². The summed E-state index contributed by atoms with van der Waals surface area (Å²) in [7, 11) is 0. The predicted octanol–water partition coefficient (Wildman–Crippen LogP) is 5.67. The molecule has 5 aromatic rings. The van der Waals surface area contributed by atoms with Gasteiger partial charge in [0.25, 0.3) is 5.89 Å². The molecule has 6 rings (SSSR count). The Hall–Kier alpha value is -4.83. The van der Waals surface area contributed by atoms with E-state index in [0.29, 0.717) is 51.9 Å². The highest BCUT2D eigenvalue weighted by molar-refractivity contribution is 6.30. The number of anilines is 2. The van der Waals surface area contributed by atoms with E-state index in [-0.39, 0.29) is 12.8 Å². The van der Waals surface area contributed by atoms with E-state index in [4.69, 9.17) is 25.6 Å². The van der Waals surface area contributed by atoms with Crippen molar-refractivity contribution in [1.82, 2.24) is 19.7 Å². The summed E-state index contributed by atoms with van der Waals surface area (Å²) in [4.78, 5) is 21.1. The zero-order chi connectivity index (χ0) is 25.2. The quantitative estimate of drug-likeness (QED) is 0.299. The number of halogens is 1. The van der Waals surface area contributed by atoms with Gasteiger partial charge in [0, 0.05) is 34.7 Å². The number of hydrogen-bond donors (Lipinski definition) is 2. The standard InChI is InChI=1S/C26H19ClN6O4/c27-18-4-8-20(9-5-18)30-26(34)29-19-6-1-16(2-7-19)12-33-13-21(28-14-33)25-31-24(32-37-25)17-3-10-22-23(11-17)36-15-35-22/h1-11,13-14H,12,15H2,(H2,29,30,34). The van der Waals surface area contributed by atoms with Gasteiger partial charge in [0.15, 0.2) is 11.5 Å². The predicted molar refractivity (Wildman–Crippen MR) is 137 cm³/mol. The molecule has 1 aliphatic rings. The number of ether oxygens (including phenoxy) is 2.